The first-order valence-electron chi connectivity index (χ1n) is 8.82. The number of nitrogen functional groups attached to an aromatic ring is 1. The Morgan fingerprint density at radius 3 is 2.45 bits per heavy atom. The molecule has 0 atom stereocenters. The lowest BCUT2D eigenvalue weighted by atomic mass is 10.0. The molecule has 0 aliphatic heterocycles. The van der Waals surface area contributed by atoms with Crippen molar-refractivity contribution in [2.24, 2.45) is 11.3 Å². The maximum absolute atomic E-state index is 12.7. The van der Waals surface area contributed by atoms with Crippen molar-refractivity contribution in [2.75, 3.05) is 30.7 Å². The van der Waals surface area contributed by atoms with Crippen LogP contribution in [0.2, 0.25) is 0 Å². The van der Waals surface area contributed by atoms with E-state index in [4.69, 9.17) is 11.6 Å². The first-order valence-corrected chi connectivity index (χ1v) is 8.82. The number of nitrogens with zero attached hydrogens (tertiary/aromatic N) is 3. The lowest BCUT2D eigenvalue weighted by Gasteiger charge is -2.22. The summed E-state index contributed by atoms with van der Waals surface area (Å²) in [6.07, 6.45) is -0.0944. The fourth-order valence-electron chi connectivity index (χ4n) is 2.80. The fraction of sp³-hybridized carbons (Fsp3) is 0.389. The van der Waals surface area contributed by atoms with Crippen LogP contribution in [0.3, 0.4) is 0 Å². The Labute approximate surface area is 164 Å². The molecule has 1 heterocycles. The zero-order valence-corrected chi connectivity index (χ0v) is 15.4. The van der Waals surface area contributed by atoms with E-state index in [1.807, 2.05) is 0 Å². The zero-order chi connectivity index (χ0) is 21.2. The van der Waals surface area contributed by atoms with Gasteiger partial charge in [-0.2, -0.15) is 13.2 Å². The SMILES string of the molecule is Nc1ccc(-c2cnc(NCC(F)(F)F)nc2)cc1C(=O)N(N)CC1(CO)CC1. The third-order valence-electron chi connectivity index (χ3n) is 4.77. The van der Waals surface area contributed by atoms with Gasteiger partial charge in [0, 0.05) is 35.6 Å². The molecule has 1 aromatic heterocycles. The Morgan fingerprint density at radius 2 is 1.90 bits per heavy atom. The number of hydrogen-bond donors (Lipinski definition) is 4. The van der Waals surface area contributed by atoms with E-state index in [0.717, 1.165) is 17.9 Å². The van der Waals surface area contributed by atoms with E-state index in [1.54, 1.807) is 6.07 Å². The van der Waals surface area contributed by atoms with Crippen LogP contribution in [0.25, 0.3) is 11.1 Å². The molecule has 29 heavy (non-hydrogen) atoms. The van der Waals surface area contributed by atoms with Crippen LogP contribution in [-0.2, 0) is 0 Å². The average Bonchev–Trinajstić information content (AvgIpc) is 3.46. The zero-order valence-electron chi connectivity index (χ0n) is 15.4. The number of carbonyl (C=O) groups excluding carboxylic acids is 1. The van der Waals surface area contributed by atoms with Crippen LogP contribution >= 0.6 is 0 Å². The third kappa shape index (κ3) is 5.12. The van der Waals surface area contributed by atoms with Crippen LogP contribution in [0.4, 0.5) is 24.8 Å². The minimum Gasteiger partial charge on any atom is -0.398 e. The minimum atomic E-state index is -4.38. The van der Waals surface area contributed by atoms with Crippen molar-refractivity contribution in [3.63, 3.8) is 0 Å². The molecule has 6 N–H and O–H groups in total. The van der Waals surface area contributed by atoms with Gasteiger partial charge in [0.05, 0.1) is 12.2 Å². The van der Waals surface area contributed by atoms with E-state index in [-0.39, 0.29) is 35.8 Å². The normalized spacial score (nSPS) is 15.1. The molecule has 0 saturated heterocycles. The summed E-state index contributed by atoms with van der Waals surface area (Å²) in [4.78, 5) is 20.4. The van der Waals surface area contributed by atoms with E-state index in [9.17, 15) is 23.1 Å². The Balaban J connectivity index is 1.75. The number of anilines is 2. The summed E-state index contributed by atoms with van der Waals surface area (Å²) >= 11 is 0. The highest BCUT2D eigenvalue weighted by Crippen LogP contribution is 2.45. The molecule has 156 valence electrons. The number of hydrogen-bond acceptors (Lipinski definition) is 7. The van der Waals surface area contributed by atoms with Gasteiger partial charge in [0.25, 0.3) is 5.91 Å². The first kappa shape index (κ1) is 20.8. The van der Waals surface area contributed by atoms with Gasteiger partial charge in [-0.1, -0.05) is 6.07 Å². The highest BCUT2D eigenvalue weighted by Gasteiger charge is 2.44. The number of aliphatic hydroxyl groups is 1. The summed E-state index contributed by atoms with van der Waals surface area (Å²) in [5, 5.41) is 12.5. The smallest absolute Gasteiger partial charge is 0.398 e. The van der Waals surface area contributed by atoms with Crippen LogP contribution < -0.4 is 16.9 Å². The van der Waals surface area contributed by atoms with Gasteiger partial charge in [0.1, 0.15) is 6.54 Å². The van der Waals surface area contributed by atoms with Crippen molar-refractivity contribution in [3.05, 3.63) is 36.2 Å². The second-order valence-corrected chi connectivity index (χ2v) is 7.16. The molecule has 3 rings (SSSR count). The van der Waals surface area contributed by atoms with Gasteiger partial charge < -0.3 is 16.2 Å². The standard InChI is InChI=1S/C18H21F3N6O2/c19-18(20,21)8-26-16-24-6-12(7-25-16)11-1-2-14(22)13(5-11)15(29)27(23)9-17(10-28)3-4-17/h1-2,5-7,28H,3-4,8-10,22-23H2,(H,24,25,26). The maximum Gasteiger partial charge on any atom is 0.405 e. The van der Waals surface area contributed by atoms with Crippen LogP contribution in [0.5, 0.6) is 0 Å². The quantitative estimate of drug-likeness (QED) is 0.237. The highest BCUT2D eigenvalue weighted by atomic mass is 19.4. The minimum absolute atomic E-state index is 0.0461. The Kier molecular flexibility index (Phi) is 5.62. The number of amides is 1. The van der Waals surface area contributed by atoms with Gasteiger partial charge in [-0.25, -0.2) is 15.8 Å². The van der Waals surface area contributed by atoms with Gasteiger partial charge in [0.15, 0.2) is 0 Å². The molecule has 1 saturated carbocycles. The summed E-state index contributed by atoms with van der Waals surface area (Å²) in [6.45, 7) is -1.07. The van der Waals surface area contributed by atoms with Crippen molar-refractivity contribution in [1.29, 1.82) is 0 Å². The van der Waals surface area contributed by atoms with Crippen LogP contribution in [0.1, 0.15) is 23.2 Å². The Hall–Kier alpha value is -2.92. The predicted octanol–water partition coefficient (Wildman–Crippen LogP) is 1.79. The second kappa shape index (κ2) is 7.84. The summed E-state index contributed by atoms with van der Waals surface area (Å²) in [6, 6.07) is 4.70. The predicted molar refractivity (Wildman–Crippen MR) is 100 cm³/mol. The Bertz CT molecular complexity index is 884. The molecule has 1 aliphatic carbocycles. The number of nitrogens with one attached hydrogen (secondary N) is 1. The highest BCUT2D eigenvalue weighted by molar-refractivity contribution is 6.00. The van der Waals surface area contributed by atoms with E-state index >= 15 is 0 Å². The molecule has 2 aromatic rings. The van der Waals surface area contributed by atoms with E-state index in [2.05, 4.69) is 15.3 Å². The topological polar surface area (TPSA) is 130 Å². The van der Waals surface area contributed by atoms with Crippen LogP contribution in [0, 0.1) is 5.41 Å². The molecule has 0 bridgehead atoms. The number of nitrogens with two attached hydrogens (primary N) is 2. The lowest BCUT2D eigenvalue weighted by molar-refractivity contribution is -0.115. The lowest BCUT2D eigenvalue weighted by Crippen LogP contribution is -2.42. The number of hydrazine groups is 1. The number of aromatic nitrogens is 2. The van der Waals surface area contributed by atoms with Gasteiger partial charge in [-0.05, 0) is 30.5 Å². The molecule has 1 aromatic carbocycles. The number of carbonyl (C=O) groups is 1. The third-order valence-corrected chi connectivity index (χ3v) is 4.77. The van der Waals surface area contributed by atoms with Crippen molar-refractivity contribution in [1.82, 2.24) is 15.0 Å². The summed E-state index contributed by atoms with van der Waals surface area (Å²) in [5.41, 5.74) is 7.04. The van der Waals surface area contributed by atoms with Crippen LogP contribution in [0.15, 0.2) is 30.6 Å². The van der Waals surface area contributed by atoms with Crippen LogP contribution in [-0.4, -0.2) is 51.9 Å². The van der Waals surface area contributed by atoms with Gasteiger partial charge >= 0.3 is 6.18 Å². The van der Waals surface area contributed by atoms with Gasteiger partial charge in [-0.15, -0.1) is 0 Å². The van der Waals surface area contributed by atoms with E-state index in [0.29, 0.717) is 11.1 Å². The average molecular weight is 410 g/mol. The number of benzene rings is 1. The van der Waals surface area contributed by atoms with Gasteiger partial charge in [-0.3, -0.25) is 9.80 Å². The Morgan fingerprint density at radius 1 is 1.24 bits per heavy atom. The summed E-state index contributed by atoms with van der Waals surface area (Å²) in [7, 11) is 0. The molecular formula is C18H21F3N6O2. The molecular weight excluding hydrogens is 389 g/mol. The monoisotopic (exact) mass is 410 g/mol. The first-order chi connectivity index (χ1) is 13.6. The number of rotatable bonds is 7. The van der Waals surface area contributed by atoms with Crippen molar-refractivity contribution >= 4 is 17.5 Å². The summed E-state index contributed by atoms with van der Waals surface area (Å²) in [5.74, 6) is 5.23. The molecule has 0 spiro atoms. The van der Waals surface area contributed by atoms with Crippen molar-refractivity contribution in [2.45, 2.75) is 19.0 Å². The molecule has 1 amide bonds. The van der Waals surface area contributed by atoms with Gasteiger partial charge in [0.2, 0.25) is 5.95 Å². The maximum atomic E-state index is 12.7. The molecule has 0 radical (unpaired) electrons. The molecule has 8 nitrogen and oxygen atoms in total. The molecule has 1 fully saturated rings. The number of aliphatic hydroxyl groups excluding tert-OH is 1. The van der Waals surface area contributed by atoms with Crippen molar-refractivity contribution < 1.29 is 23.1 Å². The largest absolute Gasteiger partial charge is 0.405 e. The number of halogens is 3. The van der Waals surface area contributed by atoms with E-state index in [1.165, 1.54) is 24.5 Å². The molecule has 11 heteroatoms. The van der Waals surface area contributed by atoms with E-state index < -0.39 is 18.6 Å². The second-order valence-electron chi connectivity index (χ2n) is 7.16. The fourth-order valence-corrected chi connectivity index (χ4v) is 2.80. The van der Waals surface area contributed by atoms with Crippen molar-refractivity contribution in [3.8, 4) is 11.1 Å². The molecule has 0 unspecified atom stereocenters. The summed E-state index contributed by atoms with van der Waals surface area (Å²) < 4.78 is 36.7. The number of alkyl halides is 3. The molecule has 1 aliphatic rings.